The van der Waals surface area contributed by atoms with Gasteiger partial charge in [-0.05, 0) is 24.6 Å². The van der Waals surface area contributed by atoms with Gasteiger partial charge >= 0.3 is 0 Å². The molecule has 1 rings (SSSR count). The van der Waals surface area contributed by atoms with Crippen molar-refractivity contribution >= 4 is 35.3 Å². The number of rotatable bonds is 5. The van der Waals surface area contributed by atoms with Gasteiger partial charge in [0.15, 0.2) is 6.29 Å². The summed E-state index contributed by atoms with van der Waals surface area (Å²) in [5.41, 5.74) is -0.0330. The van der Waals surface area contributed by atoms with Gasteiger partial charge in [-0.1, -0.05) is 31.4 Å². The highest BCUT2D eigenvalue weighted by Crippen LogP contribution is 2.21. The van der Waals surface area contributed by atoms with Gasteiger partial charge in [0.25, 0.3) is 0 Å². The minimum Gasteiger partial charge on any atom is -0.507 e. The van der Waals surface area contributed by atoms with Crippen molar-refractivity contribution in [2.45, 2.75) is 26.2 Å². The first kappa shape index (κ1) is 16.9. The Labute approximate surface area is 117 Å². The number of halogens is 2. The molecule has 0 aliphatic heterocycles. The molecule has 0 amide bonds. The Morgan fingerprint density at radius 3 is 2.44 bits per heavy atom. The van der Waals surface area contributed by atoms with Crippen LogP contribution < -0.4 is 0 Å². The van der Waals surface area contributed by atoms with Crippen molar-refractivity contribution in [3.63, 3.8) is 0 Å². The molecule has 0 saturated heterocycles. The minimum atomic E-state index is -0.760. The van der Waals surface area contributed by atoms with Crippen LogP contribution in [0, 0.1) is 0 Å². The molecule has 0 aromatic heterocycles. The second-order valence-corrected chi connectivity index (χ2v) is 4.35. The first-order valence-electron chi connectivity index (χ1n) is 5.60. The third-order valence-corrected chi connectivity index (χ3v) is 2.57. The quantitative estimate of drug-likeness (QED) is 0.295. The number of ketones is 1. The van der Waals surface area contributed by atoms with E-state index in [-0.39, 0.29) is 17.6 Å². The molecule has 1 N–H and O–H groups in total. The number of aldehydes is 1. The van der Waals surface area contributed by atoms with Crippen LogP contribution in [-0.4, -0.2) is 23.1 Å². The average molecular weight is 291 g/mol. The standard InChI is InChI=1S/C8H5ClO3.C5H11Cl/c9-5-1-2-6(7(11)3-5)8(12)4-10;1-2-3-4-5-6/h1-4,11H;2-5H2,1H3. The first-order chi connectivity index (χ1) is 8.56. The van der Waals surface area contributed by atoms with E-state index in [0.717, 1.165) is 5.88 Å². The molecule has 0 fully saturated rings. The molecule has 18 heavy (non-hydrogen) atoms. The van der Waals surface area contributed by atoms with Crippen LogP contribution in [0.25, 0.3) is 0 Å². The van der Waals surface area contributed by atoms with Gasteiger partial charge in [-0.3, -0.25) is 9.59 Å². The monoisotopic (exact) mass is 290 g/mol. The van der Waals surface area contributed by atoms with Crippen LogP contribution in [0.4, 0.5) is 0 Å². The first-order valence-corrected chi connectivity index (χ1v) is 6.52. The summed E-state index contributed by atoms with van der Waals surface area (Å²) < 4.78 is 0. The third kappa shape index (κ3) is 6.62. The average Bonchev–Trinajstić information content (AvgIpc) is 2.36. The Balaban J connectivity index is 0.000000411. The van der Waals surface area contributed by atoms with E-state index >= 15 is 0 Å². The molecular weight excluding hydrogens is 275 g/mol. The van der Waals surface area contributed by atoms with Crippen molar-refractivity contribution in [1.29, 1.82) is 0 Å². The molecule has 1 aromatic carbocycles. The van der Waals surface area contributed by atoms with Gasteiger partial charge in [0.05, 0.1) is 5.56 Å². The highest BCUT2D eigenvalue weighted by molar-refractivity contribution is 6.35. The highest BCUT2D eigenvalue weighted by Gasteiger charge is 2.09. The van der Waals surface area contributed by atoms with Crippen LogP contribution >= 0.6 is 23.2 Å². The van der Waals surface area contributed by atoms with Crippen molar-refractivity contribution in [3.8, 4) is 5.75 Å². The summed E-state index contributed by atoms with van der Waals surface area (Å²) in [5.74, 6) is -0.211. The summed E-state index contributed by atoms with van der Waals surface area (Å²) in [7, 11) is 0. The summed E-state index contributed by atoms with van der Waals surface area (Å²) in [6, 6.07) is 3.94. The number of alkyl halides is 1. The van der Waals surface area contributed by atoms with Crippen LogP contribution in [0.3, 0.4) is 0 Å². The van der Waals surface area contributed by atoms with Crippen molar-refractivity contribution in [3.05, 3.63) is 28.8 Å². The zero-order valence-electron chi connectivity index (χ0n) is 10.2. The fourth-order valence-electron chi connectivity index (χ4n) is 1.12. The Kier molecular flexibility index (Phi) is 9.33. The number of unbranched alkanes of at least 4 members (excludes halogenated alkanes) is 2. The number of Topliss-reactive ketones (excluding diaryl/α,β-unsaturated/α-hetero) is 1. The molecule has 0 aliphatic carbocycles. The van der Waals surface area contributed by atoms with Gasteiger partial charge in [0.1, 0.15) is 5.75 Å². The van der Waals surface area contributed by atoms with E-state index in [2.05, 4.69) is 6.92 Å². The molecule has 3 nitrogen and oxygen atoms in total. The Hall–Kier alpha value is -1.06. The van der Waals surface area contributed by atoms with Gasteiger partial charge < -0.3 is 5.11 Å². The number of hydrogen-bond donors (Lipinski definition) is 1. The lowest BCUT2D eigenvalue weighted by Gasteiger charge is -1.98. The molecule has 5 heteroatoms. The fraction of sp³-hybridized carbons (Fsp3) is 0.385. The normalized spacial score (nSPS) is 9.28. The Bertz CT molecular complexity index is 388. The highest BCUT2D eigenvalue weighted by atomic mass is 35.5. The topological polar surface area (TPSA) is 54.4 Å². The van der Waals surface area contributed by atoms with Crippen LogP contribution in [0.5, 0.6) is 5.75 Å². The molecule has 0 bridgehead atoms. The van der Waals surface area contributed by atoms with Crippen LogP contribution in [0.1, 0.15) is 36.5 Å². The number of carbonyl (C=O) groups excluding carboxylic acids is 2. The molecule has 0 atom stereocenters. The minimum absolute atomic E-state index is 0.0330. The Morgan fingerprint density at radius 2 is 2.06 bits per heavy atom. The lowest BCUT2D eigenvalue weighted by Crippen LogP contribution is -1.99. The summed E-state index contributed by atoms with van der Waals surface area (Å²) in [4.78, 5) is 20.8. The number of carbonyl (C=O) groups is 2. The SMILES string of the molecule is CCCCCCl.O=CC(=O)c1ccc(Cl)cc1O. The summed E-state index contributed by atoms with van der Waals surface area (Å²) >= 11 is 10.9. The fourth-order valence-corrected chi connectivity index (χ4v) is 1.48. The summed E-state index contributed by atoms with van der Waals surface area (Å²) in [6.07, 6.45) is 3.87. The van der Waals surface area contributed by atoms with Crippen LogP contribution in [0.15, 0.2) is 18.2 Å². The molecule has 0 aliphatic rings. The number of aromatic hydroxyl groups is 1. The molecule has 0 unspecified atom stereocenters. The van der Waals surface area contributed by atoms with Gasteiger partial charge in [-0.25, -0.2) is 0 Å². The molecule has 100 valence electrons. The number of phenolic OH excluding ortho intramolecular Hbond substituents is 1. The van der Waals surface area contributed by atoms with Gasteiger partial charge in [0, 0.05) is 10.9 Å². The zero-order valence-corrected chi connectivity index (χ0v) is 11.7. The van der Waals surface area contributed by atoms with E-state index in [1.54, 1.807) is 0 Å². The second-order valence-electron chi connectivity index (χ2n) is 3.54. The van der Waals surface area contributed by atoms with E-state index in [9.17, 15) is 9.59 Å². The van der Waals surface area contributed by atoms with Gasteiger partial charge in [-0.2, -0.15) is 0 Å². The molecule has 1 aromatic rings. The van der Waals surface area contributed by atoms with E-state index in [4.69, 9.17) is 28.3 Å². The number of hydrogen-bond acceptors (Lipinski definition) is 3. The van der Waals surface area contributed by atoms with E-state index in [1.807, 2.05) is 0 Å². The van der Waals surface area contributed by atoms with Crippen molar-refractivity contribution in [2.75, 3.05) is 5.88 Å². The molecule has 0 spiro atoms. The third-order valence-electron chi connectivity index (χ3n) is 2.07. The van der Waals surface area contributed by atoms with Crippen LogP contribution in [0.2, 0.25) is 5.02 Å². The molecular formula is C13H16Cl2O3. The lowest BCUT2D eigenvalue weighted by molar-refractivity contribution is -0.104. The summed E-state index contributed by atoms with van der Waals surface area (Å²) in [6.45, 7) is 2.17. The van der Waals surface area contributed by atoms with Crippen LogP contribution in [-0.2, 0) is 4.79 Å². The zero-order chi connectivity index (χ0) is 14.0. The largest absolute Gasteiger partial charge is 0.507 e. The van der Waals surface area contributed by atoms with Crippen molar-refractivity contribution in [2.24, 2.45) is 0 Å². The molecule has 0 radical (unpaired) electrons. The maximum atomic E-state index is 10.8. The van der Waals surface area contributed by atoms with Gasteiger partial charge in [0.2, 0.25) is 5.78 Å². The second kappa shape index (κ2) is 9.92. The number of phenols is 1. The summed E-state index contributed by atoms with van der Waals surface area (Å²) in [5, 5.41) is 9.44. The predicted molar refractivity (Wildman–Crippen MR) is 73.8 cm³/mol. The van der Waals surface area contributed by atoms with E-state index in [1.165, 1.54) is 37.5 Å². The lowest BCUT2D eigenvalue weighted by atomic mass is 10.1. The van der Waals surface area contributed by atoms with E-state index in [0.29, 0.717) is 5.02 Å². The van der Waals surface area contributed by atoms with E-state index < -0.39 is 5.78 Å². The Morgan fingerprint density at radius 1 is 1.39 bits per heavy atom. The molecule has 0 saturated carbocycles. The van der Waals surface area contributed by atoms with Gasteiger partial charge in [-0.15, -0.1) is 11.6 Å². The predicted octanol–water partition coefficient (Wildman–Crippen LogP) is 3.84. The molecule has 0 heterocycles. The maximum Gasteiger partial charge on any atom is 0.229 e. The smallest absolute Gasteiger partial charge is 0.229 e. The van der Waals surface area contributed by atoms with Crippen molar-refractivity contribution < 1.29 is 14.7 Å². The number of benzene rings is 1. The maximum absolute atomic E-state index is 10.8. The van der Waals surface area contributed by atoms with Crippen molar-refractivity contribution in [1.82, 2.24) is 0 Å².